The van der Waals surface area contributed by atoms with Gasteiger partial charge in [-0.1, -0.05) is 110 Å². The Morgan fingerprint density at radius 3 is 2.24 bits per heavy atom. The minimum atomic E-state index is -1.38. The molecule has 0 bridgehead atoms. The minimum Gasteiger partial charge on any atom is -0.474 e. The summed E-state index contributed by atoms with van der Waals surface area (Å²) in [5.74, 6) is -1.68. The van der Waals surface area contributed by atoms with Gasteiger partial charge in [-0.15, -0.1) is 0 Å². The number of carbonyl (C=O) groups excluding carboxylic acids is 1. The molecular formula is C34H35NO3. The SMILES string of the molecule is O=C(O)C(=O)N(CCc1ccccc1)CC(c1cccc(-c2ccc3ccccc3c2)c1)C1CCCCC1. The Kier molecular flexibility index (Phi) is 8.18. The Morgan fingerprint density at radius 2 is 1.47 bits per heavy atom. The number of rotatable bonds is 8. The zero-order valence-electron chi connectivity index (χ0n) is 21.8. The number of aliphatic carboxylic acids is 1. The third-order valence-corrected chi connectivity index (χ3v) is 8.02. The molecule has 4 aromatic carbocycles. The van der Waals surface area contributed by atoms with E-state index < -0.39 is 11.9 Å². The second kappa shape index (κ2) is 12.1. The number of benzene rings is 4. The topological polar surface area (TPSA) is 57.6 Å². The van der Waals surface area contributed by atoms with Crippen molar-refractivity contribution in [3.05, 3.63) is 108 Å². The molecule has 5 rings (SSSR count). The number of carboxylic acid groups (broad SMARTS) is 1. The Balaban J connectivity index is 1.46. The summed E-state index contributed by atoms with van der Waals surface area (Å²) in [6.45, 7) is 0.812. The van der Waals surface area contributed by atoms with Gasteiger partial charge in [-0.3, -0.25) is 4.79 Å². The van der Waals surface area contributed by atoms with Gasteiger partial charge < -0.3 is 10.0 Å². The maximum Gasteiger partial charge on any atom is 0.394 e. The molecule has 0 saturated heterocycles. The standard InChI is InChI=1S/C34H35NO3/c36-33(34(37)38)35(21-20-25-10-3-1-4-11-25)24-32(27-13-5-2-6-14-27)31-17-9-16-29(23-31)30-19-18-26-12-7-8-15-28(26)22-30/h1,3-4,7-12,15-19,22-23,27,32H,2,5-6,13-14,20-21,24H2,(H,37,38). The number of nitrogens with zero attached hydrogens (tertiary/aromatic N) is 1. The summed E-state index contributed by atoms with van der Waals surface area (Å²) < 4.78 is 0. The predicted octanol–water partition coefficient (Wildman–Crippen LogP) is 7.33. The van der Waals surface area contributed by atoms with Crippen LogP contribution in [0.1, 0.15) is 49.1 Å². The highest BCUT2D eigenvalue weighted by Gasteiger charge is 2.30. The van der Waals surface area contributed by atoms with E-state index in [1.165, 1.54) is 35.6 Å². The van der Waals surface area contributed by atoms with Crippen LogP contribution < -0.4 is 0 Å². The van der Waals surface area contributed by atoms with Gasteiger partial charge in [0.1, 0.15) is 0 Å². The van der Waals surface area contributed by atoms with E-state index in [0.717, 1.165) is 29.5 Å². The Hall–Kier alpha value is -3.92. The van der Waals surface area contributed by atoms with Crippen LogP contribution >= 0.6 is 0 Å². The molecule has 4 nitrogen and oxygen atoms in total. The van der Waals surface area contributed by atoms with Crippen LogP contribution in [0.3, 0.4) is 0 Å². The summed E-state index contributed by atoms with van der Waals surface area (Å²) in [4.78, 5) is 26.2. The zero-order valence-corrected chi connectivity index (χ0v) is 21.8. The smallest absolute Gasteiger partial charge is 0.394 e. The molecule has 1 amide bonds. The fourth-order valence-corrected chi connectivity index (χ4v) is 5.94. The van der Waals surface area contributed by atoms with Crippen LogP contribution in [0.4, 0.5) is 0 Å². The van der Waals surface area contributed by atoms with Crippen molar-refractivity contribution in [2.75, 3.05) is 13.1 Å². The Labute approximate surface area is 224 Å². The van der Waals surface area contributed by atoms with Crippen LogP contribution in [0.15, 0.2) is 97.1 Å². The quantitative estimate of drug-likeness (QED) is 0.255. The average Bonchev–Trinajstić information content (AvgIpc) is 2.97. The molecular weight excluding hydrogens is 470 g/mol. The molecule has 0 aromatic heterocycles. The van der Waals surface area contributed by atoms with Gasteiger partial charge in [-0.05, 0) is 64.3 Å². The molecule has 0 heterocycles. The lowest BCUT2D eigenvalue weighted by molar-refractivity contribution is -0.156. The van der Waals surface area contributed by atoms with Crippen LogP contribution in [-0.4, -0.2) is 35.0 Å². The lowest BCUT2D eigenvalue weighted by Crippen LogP contribution is -2.42. The molecule has 0 aliphatic heterocycles. The van der Waals surface area contributed by atoms with E-state index in [4.69, 9.17) is 0 Å². The van der Waals surface area contributed by atoms with E-state index >= 15 is 0 Å². The van der Waals surface area contributed by atoms with Crippen LogP contribution in [0.2, 0.25) is 0 Å². The summed E-state index contributed by atoms with van der Waals surface area (Å²) in [5, 5.41) is 12.1. The first-order valence-corrected chi connectivity index (χ1v) is 13.7. The van der Waals surface area contributed by atoms with Gasteiger partial charge in [-0.25, -0.2) is 4.79 Å². The van der Waals surface area contributed by atoms with Gasteiger partial charge in [0.25, 0.3) is 0 Å². The molecule has 1 unspecified atom stereocenters. The number of carbonyl (C=O) groups is 2. The van der Waals surface area contributed by atoms with Crippen molar-refractivity contribution in [2.24, 2.45) is 5.92 Å². The van der Waals surface area contributed by atoms with Gasteiger partial charge in [0.2, 0.25) is 0 Å². The summed E-state index contributed by atoms with van der Waals surface area (Å²) in [6.07, 6.45) is 6.46. The van der Waals surface area contributed by atoms with Crippen LogP contribution in [0.5, 0.6) is 0 Å². The van der Waals surface area contributed by atoms with E-state index in [9.17, 15) is 14.7 Å². The molecule has 1 fully saturated rings. The molecule has 194 valence electrons. The maximum atomic E-state index is 12.9. The molecule has 38 heavy (non-hydrogen) atoms. The zero-order chi connectivity index (χ0) is 26.3. The van der Waals surface area contributed by atoms with Crippen molar-refractivity contribution in [3.8, 4) is 11.1 Å². The largest absolute Gasteiger partial charge is 0.474 e. The maximum absolute atomic E-state index is 12.9. The fraction of sp³-hybridized carbons (Fsp3) is 0.294. The van der Waals surface area contributed by atoms with Crippen molar-refractivity contribution in [2.45, 2.75) is 44.4 Å². The highest BCUT2D eigenvalue weighted by Crippen LogP contribution is 2.38. The van der Waals surface area contributed by atoms with Crippen LogP contribution in [-0.2, 0) is 16.0 Å². The van der Waals surface area contributed by atoms with Crippen molar-refractivity contribution in [3.63, 3.8) is 0 Å². The van der Waals surface area contributed by atoms with Crippen molar-refractivity contribution in [1.29, 1.82) is 0 Å². The molecule has 1 N–H and O–H groups in total. The lowest BCUT2D eigenvalue weighted by Gasteiger charge is -2.34. The highest BCUT2D eigenvalue weighted by atomic mass is 16.4. The van der Waals surface area contributed by atoms with Crippen molar-refractivity contribution >= 4 is 22.6 Å². The summed E-state index contributed by atoms with van der Waals surface area (Å²) in [6, 6.07) is 33.5. The number of hydrogen-bond donors (Lipinski definition) is 1. The molecule has 1 saturated carbocycles. The van der Waals surface area contributed by atoms with Crippen LogP contribution in [0.25, 0.3) is 21.9 Å². The monoisotopic (exact) mass is 505 g/mol. The molecule has 4 heteroatoms. The normalized spacial score (nSPS) is 14.7. The summed E-state index contributed by atoms with van der Waals surface area (Å²) >= 11 is 0. The molecule has 0 spiro atoms. The summed E-state index contributed by atoms with van der Waals surface area (Å²) in [5.41, 5.74) is 4.60. The van der Waals surface area contributed by atoms with Gasteiger partial charge in [0.05, 0.1) is 0 Å². The second-order valence-corrected chi connectivity index (χ2v) is 10.5. The first-order valence-electron chi connectivity index (χ1n) is 13.7. The molecule has 1 atom stereocenters. The van der Waals surface area contributed by atoms with Gasteiger partial charge >= 0.3 is 11.9 Å². The minimum absolute atomic E-state index is 0.0924. The van der Waals surface area contributed by atoms with Gasteiger partial charge in [0.15, 0.2) is 0 Å². The first-order chi connectivity index (χ1) is 18.6. The molecule has 0 radical (unpaired) electrons. The third-order valence-electron chi connectivity index (χ3n) is 8.02. The number of fused-ring (bicyclic) bond motifs is 1. The second-order valence-electron chi connectivity index (χ2n) is 10.5. The summed E-state index contributed by atoms with van der Waals surface area (Å²) in [7, 11) is 0. The van der Waals surface area contributed by atoms with E-state index in [1.54, 1.807) is 4.90 Å². The predicted molar refractivity (Wildman–Crippen MR) is 153 cm³/mol. The van der Waals surface area contributed by atoms with E-state index in [-0.39, 0.29) is 5.92 Å². The molecule has 4 aromatic rings. The average molecular weight is 506 g/mol. The molecule has 1 aliphatic carbocycles. The first kappa shape index (κ1) is 25.7. The Bertz CT molecular complexity index is 1390. The van der Waals surface area contributed by atoms with Crippen molar-refractivity contribution < 1.29 is 14.7 Å². The van der Waals surface area contributed by atoms with Crippen molar-refractivity contribution in [1.82, 2.24) is 4.90 Å². The fourth-order valence-electron chi connectivity index (χ4n) is 5.94. The van der Waals surface area contributed by atoms with E-state index in [0.29, 0.717) is 25.4 Å². The van der Waals surface area contributed by atoms with E-state index in [1.807, 2.05) is 30.3 Å². The third kappa shape index (κ3) is 6.13. The highest BCUT2D eigenvalue weighted by molar-refractivity contribution is 6.31. The Morgan fingerprint density at radius 1 is 0.763 bits per heavy atom. The van der Waals surface area contributed by atoms with Gasteiger partial charge in [-0.2, -0.15) is 0 Å². The van der Waals surface area contributed by atoms with Gasteiger partial charge in [0, 0.05) is 19.0 Å². The van der Waals surface area contributed by atoms with E-state index in [2.05, 4.69) is 66.7 Å². The number of carboxylic acids is 1. The number of amides is 1. The lowest BCUT2D eigenvalue weighted by atomic mass is 9.76. The van der Waals surface area contributed by atoms with Crippen LogP contribution in [0, 0.1) is 5.92 Å². The number of hydrogen-bond acceptors (Lipinski definition) is 2. The molecule has 1 aliphatic rings.